The molecule has 2 rings (SSSR count). The minimum absolute atomic E-state index is 0.0203. The second-order valence-corrected chi connectivity index (χ2v) is 6.62. The van der Waals surface area contributed by atoms with Gasteiger partial charge < -0.3 is 10.1 Å². The van der Waals surface area contributed by atoms with Crippen molar-refractivity contribution < 1.29 is 9.53 Å². The van der Waals surface area contributed by atoms with Crippen molar-refractivity contribution in [3.05, 3.63) is 69.7 Å². The molecule has 0 atom stereocenters. The van der Waals surface area contributed by atoms with Crippen molar-refractivity contribution in [3.63, 3.8) is 0 Å². The zero-order chi connectivity index (χ0) is 16.7. The number of halogens is 1. The molecule has 23 heavy (non-hydrogen) atoms. The first-order valence-corrected chi connectivity index (χ1v) is 8.53. The third kappa shape index (κ3) is 6.16. The van der Waals surface area contributed by atoms with Gasteiger partial charge >= 0.3 is 0 Å². The minimum Gasteiger partial charge on any atom is -0.374 e. The lowest BCUT2D eigenvalue weighted by molar-refractivity contribution is -0.120. The molecule has 1 N–H and O–H groups in total. The fraction of sp³-hybridized carbons (Fsp3) is 0.316. The summed E-state index contributed by atoms with van der Waals surface area (Å²) in [4.78, 5) is 12.1. The number of ether oxygens (including phenoxy) is 1. The molecule has 2 aromatic carbocycles. The molecule has 0 bridgehead atoms. The number of carbonyl (C=O) groups excluding carboxylic acids is 1. The first-order chi connectivity index (χ1) is 11.0. The zero-order valence-corrected chi connectivity index (χ0v) is 15.1. The van der Waals surface area contributed by atoms with Crippen LogP contribution in [0.3, 0.4) is 0 Å². The number of rotatable bonds is 7. The standard InChI is InChI=1S/C19H22BrNO2/c1-14(2)23-13-17-6-4-3-5-16(17)12-21-19(22)11-15-7-9-18(20)10-8-15/h3-10,14H,11-13H2,1-2H3,(H,21,22). The molecule has 0 radical (unpaired) electrons. The van der Waals surface area contributed by atoms with E-state index in [0.717, 1.165) is 21.2 Å². The molecule has 0 aliphatic carbocycles. The maximum atomic E-state index is 12.1. The Hall–Kier alpha value is -1.65. The van der Waals surface area contributed by atoms with Gasteiger partial charge in [0.1, 0.15) is 0 Å². The number of benzene rings is 2. The highest BCUT2D eigenvalue weighted by atomic mass is 79.9. The predicted octanol–water partition coefficient (Wildman–Crippen LogP) is 4.23. The van der Waals surface area contributed by atoms with Crippen LogP contribution >= 0.6 is 15.9 Å². The van der Waals surface area contributed by atoms with Gasteiger partial charge in [-0.1, -0.05) is 52.3 Å². The second-order valence-electron chi connectivity index (χ2n) is 5.71. The Morgan fingerprint density at radius 1 is 1.09 bits per heavy atom. The van der Waals surface area contributed by atoms with Crippen LogP contribution < -0.4 is 5.32 Å². The van der Waals surface area contributed by atoms with Crippen LogP contribution in [-0.2, 0) is 29.1 Å². The Morgan fingerprint density at radius 2 is 1.74 bits per heavy atom. The molecular weight excluding hydrogens is 354 g/mol. The summed E-state index contributed by atoms with van der Waals surface area (Å²) in [7, 11) is 0. The van der Waals surface area contributed by atoms with Crippen LogP contribution in [0, 0.1) is 0 Å². The summed E-state index contributed by atoms with van der Waals surface area (Å²) in [5, 5.41) is 2.98. The fourth-order valence-corrected chi connectivity index (χ4v) is 2.44. The van der Waals surface area contributed by atoms with E-state index in [9.17, 15) is 4.79 Å². The molecule has 4 heteroatoms. The van der Waals surface area contributed by atoms with Gasteiger partial charge in [-0.05, 0) is 42.7 Å². The number of carbonyl (C=O) groups is 1. The lowest BCUT2D eigenvalue weighted by Gasteiger charge is -2.13. The van der Waals surface area contributed by atoms with E-state index in [4.69, 9.17) is 4.74 Å². The van der Waals surface area contributed by atoms with Crippen LogP contribution in [0.1, 0.15) is 30.5 Å². The average molecular weight is 376 g/mol. The van der Waals surface area contributed by atoms with E-state index in [1.807, 2.05) is 62.4 Å². The van der Waals surface area contributed by atoms with Crippen molar-refractivity contribution in [2.45, 2.75) is 39.5 Å². The molecule has 0 aliphatic rings. The Morgan fingerprint density at radius 3 is 2.39 bits per heavy atom. The molecule has 3 nitrogen and oxygen atoms in total. The monoisotopic (exact) mass is 375 g/mol. The summed E-state index contributed by atoms with van der Waals surface area (Å²) in [6.07, 6.45) is 0.577. The van der Waals surface area contributed by atoms with Gasteiger partial charge in [0.05, 0.1) is 19.1 Å². The van der Waals surface area contributed by atoms with Crippen LogP contribution in [0.4, 0.5) is 0 Å². The van der Waals surface area contributed by atoms with Gasteiger partial charge in [0.2, 0.25) is 5.91 Å². The predicted molar refractivity (Wildman–Crippen MR) is 96.1 cm³/mol. The Kier molecular flexibility index (Phi) is 6.81. The summed E-state index contributed by atoms with van der Waals surface area (Å²) in [6, 6.07) is 15.8. The molecule has 0 heterocycles. The number of nitrogens with one attached hydrogen (secondary N) is 1. The molecule has 2 aromatic rings. The van der Waals surface area contributed by atoms with E-state index >= 15 is 0 Å². The van der Waals surface area contributed by atoms with Crippen molar-refractivity contribution in [2.24, 2.45) is 0 Å². The molecule has 0 spiro atoms. The fourth-order valence-electron chi connectivity index (χ4n) is 2.17. The van der Waals surface area contributed by atoms with Gasteiger partial charge in [0.15, 0.2) is 0 Å². The van der Waals surface area contributed by atoms with Gasteiger partial charge in [0.25, 0.3) is 0 Å². The zero-order valence-electron chi connectivity index (χ0n) is 13.5. The van der Waals surface area contributed by atoms with E-state index in [-0.39, 0.29) is 12.0 Å². The number of hydrogen-bond donors (Lipinski definition) is 1. The Bertz CT molecular complexity index is 638. The van der Waals surface area contributed by atoms with Crippen LogP contribution in [0.2, 0.25) is 0 Å². The average Bonchev–Trinajstić information content (AvgIpc) is 2.54. The van der Waals surface area contributed by atoms with Crippen molar-refractivity contribution in [3.8, 4) is 0 Å². The minimum atomic E-state index is 0.0203. The van der Waals surface area contributed by atoms with Crippen LogP contribution in [0.25, 0.3) is 0 Å². The number of hydrogen-bond acceptors (Lipinski definition) is 2. The third-order valence-electron chi connectivity index (χ3n) is 3.44. The Balaban J connectivity index is 1.89. The molecule has 0 saturated heterocycles. The molecular formula is C19H22BrNO2. The highest BCUT2D eigenvalue weighted by Gasteiger charge is 2.07. The Labute approximate surface area is 146 Å². The van der Waals surface area contributed by atoms with Gasteiger partial charge in [-0.25, -0.2) is 0 Å². The van der Waals surface area contributed by atoms with E-state index in [2.05, 4.69) is 21.2 Å². The topological polar surface area (TPSA) is 38.3 Å². The van der Waals surface area contributed by atoms with Crippen molar-refractivity contribution in [1.82, 2.24) is 5.32 Å². The van der Waals surface area contributed by atoms with Gasteiger partial charge in [0, 0.05) is 11.0 Å². The van der Waals surface area contributed by atoms with E-state index < -0.39 is 0 Å². The van der Waals surface area contributed by atoms with Crippen LogP contribution in [0.5, 0.6) is 0 Å². The molecule has 1 amide bonds. The van der Waals surface area contributed by atoms with Gasteiger partial charge in [-0.15, -0.1) is 0 Å². The highest BCUT2D eigenvalue weighted by Crippen LogP contribution is 2.12. The lowest BCUT2D eigenvalue weighted by atomic mass is 10.1. The van der Waals surface area contributed by atoms with Crippen LogP contribution in [0.15, 0.2) is 53.0 Å². The molecule has 0 unspecified atom stereocenters. The molecule has 0 aromatic heterocycles. The quantitative estimate of drug-likeness (QED) is 0.785. The summed E-state index contributed by atoms with van der Waals surface area (Å²) in [6.45, 7) is 5.12. The van der Waals surface area contributed by atoms with Crippen molar-refractivity contribution in [1.29, 1.82) is 0 Å². The first-order valence-electron chi connectivity index (χ1n) is 7.74. The van der Waals surface area contributed by atoms with Crippen molar-refractivity contribution >= 4 is 21.8 Å². The summed E-state index contributed by atoms with van der Waals surface area (Å²) in [5.41, 5.74) is 3.21. The summed E-state index contributed by atoms with van der Waals surface area (Å²) in [5.74, 6) is 0.0203. The van der Waals surface area contributed by atoms with E-state index in [1.54, 1.807) is 0 Å². The van der Waals surface area contributed by atoms with Crippen molar-refractivity contribution in [2.75, 3.05) is 0 Å². The second kappa shape index (κ2) is 8.85. The SMILES string of the molecule is CC(C)OCc1ccccc1CNC(=O)Cc1ccc(Br)cc1. The highest BCUT2D eigenvalue weighted by molar-refractivity contribution is 9.10. The molecule has 0 fully saturated rings. The largest absolute Gasteiger partial charge is 0.374 e. The van der Waals surface area contributed by atoms with Gasteiger partial charge in [-0.2, -0.15) is 0 Å². The van der Waals surface area contributed by atoms with E-state index in [1.165, 1.54) is 0 Å². The first kappa shape index (κ1) is 17.7. The molecule has 0 saturated carbocycles. The molecule has 0 aliphatic heterocycles. The lowest BCUT2D eigenvalue weighted by Crippen LogP contribution is -2.25. The maximum absolute atomic E-state index is 12.1. The summed E-state index contributed by atoms with van der Waals surface area (Å²) < 4.78 is 6.68. The van der Waals surface area contributed by atoms with Crippen LogP contribution in [-0.4, -0.2) is 12.0 Å². The normalized spacial score (nSPS) is 10.8. The summed E-state index contributed by atoms with van der Waals surface area (Å²) >= 11 is 3.39. The smallest absolute Gasteiger partial charge is 0.224 e. The molecule has 122 valence electrons. The third-order valence-corrected chi connectivity index (χ3v) is 3.97. The number of amides is 1. The van der Waals surface area contributed by atoms with E-state index in [0.29, 0.717) is 19.6 Å². The maximum Gasteiger partial charge on any atom is 0.224 e. The van der Waals surface area contributed by atoms with Gasteiger partial charge in [-0.3, -0.25) is 4.79 Å².